The van der Waals surface area contributed by atoms with Crippen LogP contribution in [0.4, 0.5) is 16.2 Å². The highest BCUT2D eigenvalue weighted by molar-refractivity contribution is 6.00. The number of carbonyl (C=O) groups is 2. The van der Waals surface area contributed by atoms with Gasteiger partial charge in [-0.1, -0.05) is 36.4 Å². The van der Waals surface area contributed by atoms with E-state index >= 15 is 0 Å². The third-order valence-electron chi connectivity index (χ3n) is 4.65. The quantitative estimate of drug-likeness (QED) is 0.618. The molecule has 3 rings (SSSR count). The molecule has 1 aromatic heterocycles. The first-order chi connectivity index (χ1) is 13.5. The van der Waals surface area contributed by atoms with Crippen LogP contribution in [0.5, 0.6) is 0 Å². The van der Waals surface area contributed by atoms with Gasteiger partial charge in [0.05, 0.1) is 24.2 Å². The van der Waals surface area contributed by atoms with E-state index in [0.29, 0.717) is 6.42 Å². The third kappa shape index (κ3) is 3.96. The summed E-state index contributed by atoms with van der Waals surface area (Å²) in [5.74, 6) is -0.284. The van der Waals surface area contributed by atoms with Crippen molar-refractivity contribution in [3.63, 3.8) is 0 Å². The number of nitrogens with zero attached hydrogens (tertiary/aromatic N) is 3. The lowest BCUT2D eigenvalue weighted by Crippen LogP contribution is -2.32. The molecule has 0 aliphatic rings. The van der Waals surface area contributed by atoms with E-state index < -0.39 is 0 Å². The van der Waals surface area contributed by atoms with Gasteiger partial charge in [0, 0.05) is 12.1 Å². The fraction of sp³-hybridized carbons (Fsp3) is 0.227. The summed E-state index contributed by atoms with van der Waals surface area (Å²) in [6.45, 7) is 3.69. The molecule has 0 radical (unpaired) electrons. The van der Waals surface area contributed by atoms with Gasteiger partial charge in [-0.15, -0.1) is 0 Å². The van der Waals surface area contributed by atoms with Gasteiger partial charge in [0.25, 0.3) is 0 Å². The van der Waals surface area contributed by atoms with Crippen LogP contribution in [0.2, 0.25) is 0 Å². The highest BCUT2D eigenvalue weighted by atomic mass is 16.5. The summed E-state index contributed by atoms with van der Waals surface area (Å²) in [4.78, 5) is 26.6. The van der Waals surface area contributed by atoms with Crippen LogP contribution in [0.15, 0.2) is 60.7 Å². The number of esters is 1. The summed E-state index contributed by atoms with van der Waals surface area (Å²) in [5, 5.41) is 4.46. The van der Waals surface area contributed by atoms with Gasteiger partial charge in [0.15, 0.2) is 0 Å². The second kappa shape index (κ2) is 8.52. The second-order valence-corrected chi connectivity index (χ2v) is 6.43. The van der Waals surface area contributed by atoms with Crippen molar-refractivity contribution >= 4 is 23.4 Å². The molecule has 0 unspecified atom stereocenters. The molecular weight excluding hydrogens is 354 g/mol. The monoisotopic (exact) mass is 377 g/mol. The standard InChI is InChI=1S/C22H23N3O3/c1-16-20(14-15-21(26)28-3)17(2)25(23-16)22(27)24(18-10-6-4-7-11-18)19-12-8-5-9-13-19/h4-13H,14-15H2,1-3H3. The number of aromatic nitrogens is 2. The van der Waals surface area contributed by atoms with Crippen LogP contribution in [0.25, 0.3) is 0 Å². The number of hydrogen-bond acceptors (Lipinski definition) is 4. The third-order valence-corrected chi connectivity index (χ3v) is 4.65. The maximum atomic E-state index is 13.5. The lowest BCUT2D eigenvalue weighted by Gasteiger charge is -2.23. The topological polar surface area (TPSA) is 64.4 Å². The normalized spacial score (nSPS) is 10.5. The number of benzene rings is 2. The minimum Gasteiger partial charge on any atom is -0.469 e. The van der Waals surface area contributed by atoms with Gasteiger partial charge in [0.2, 0.25) is 0 Å². The van der Waals surface area contributed by atoms with Crippen LogP contribution in [0.3, 0.4) is 0 Å². The van der Waals surface area contributed by atoms with Crippen LogP contribution in [0, 0.1) is 13.8 Å². The molecule has 2 aromatic carbocycles. The SMILES string of the molecule is COC(=O)CCc1c(C)nn(C(=O)N(c2ccccc2)c2ccccc2)c1C. The minimum atomic E-state index is -0.284. The molecule has 6 nitrogen and oxygen atoms in total. The van der Waals surface area contributed by atoms with Gasteiger partial charge >= 0.3 is 12.0 Å². The zero-order valence-corrected chi connectivity index (χ0v) is 16.3. The Kier molecular flexibility index (Phi) is 5.89. The summed E-state index contributed by atoms with van der Waals surface area (Å²) in [6.07, 6.45) is 0.730. The number of amides is 1. The molecule has 0 bridgehead atoms. The molecule has 1 heterocycles. The van der Waals surface area contributed by atoms with E-state index in [1.165, 1.54) is 11.8 Å². The first-order valence-corrected chi connectivity index (χ1v) is 9.09. The first-order valence-electron chi connectivity index (χ1n) is 9.09. The first kappa shape index (κ1) is 19.4. The lowest BCUT2D eigenvalue weighted by molar-refractivity contribution is -0.140. The van der Waals surface area contributed by atoms with E-state index in [2.05, 4.69) is 5.10 Å². The van der Waals surface area contributed by atoms with Gasteiger partial charge in [-0.25, -0.2) is 4.79 Å². The van der Waals surface area contributed by atoms with Crippen molar-refractivity contribution in [1.82, 2.24) is 9.78 Å². The Balaban J connectivity index is 1.99. The molecular formula is C22H23N3O3. The van der Waals surface area contributed by atoms with Crippen LogP contribution in [-0.4, -0.2) is 28.9 Å². The lowest BCUT2D eigenvalue weighted by atomic mass is 10.1. The highest BCUT2D eigenvalue weighted by Gasteiger charge is 2.24. The van der Waals surface area contributed by atoms with Crippen molar-refractivity contribution in [2.24, 2.45) is 0 Å². The summed E-state index contributed by atoms with van der Waals surface area (Å²) in [7, 11) is 1.37. The minimum absolute atomic E-state index is 0.249. The number of ether oxygens (including phenoxy) is 1. The Morgan fingerprint density at radius 1 is 0.964 bits per heavy atom. The van der Waals surface area contributed by atoms with E-state index in [1.807, 2.05) is 74.5 Å². The van der Waals surface area contributed by atoms with Crippen molar-refractivity contribution in [3.05, 3.63) is 77.6 Å². The van der Waals surface area contributed by atoms with Gasteiger partial charge < -0.3 is 4.74 Å². The Labute approximate surface area is 164 Å². The Morgan fingerprint density at radius 3 is 2.00 bits per heavy atom. The number of rotatable bonds is 5. The van der Waals surface area contributed by atoms with Crippen LogP contribution in [-0.2, 0) is 16.0 Å². The molecule has 0 saturated carbocycles. The molecule has 0 aliphatic carbocycles. The molecule has 6 heteroatoms. The number of para-hydroxylation sites is 2. The number of carbonyl (C=O) groups excluding carboxylic acids is 2. The maximum absolute atomic E-state index is 13.5. The summed E-state index contributed by atoms with van der Waals surface area (Å²) in [6, 6.07) is 18.6. The zero-order chi connectivity index (χ0) is 20.1. The summed E-state index contributed by atoms with van der Waals surface area (Å²) in [5.41, 5.74) is 3.85. The molecule has 0 spiro atoms. The van der Waals surface area contributed by atoms with Crippen LogP contribution in [0.1, 0.15) is 23.4 Å². The maximum Gasteiger partial charge on any atom is 0.354 e. The molecule has 0 saturated heterocycles. The van der Waals surface area contributed by atoms with Crippen molar-refractivity contribution < 1.29 is 14.3 Å². The summed E-state index contributed by atoms with van der Waals surface area (Å²) >= 11 is 0. The van der Waals surface area contributed by atoms with Gasteiger partial charge in [-0.05, 0) is 50.1 Å². The number of aryl methyl sites for hydroxylation is 1. The zero-order valence-electron chi connectivity index (χ0n) is 16.3. The number of anilines is 2. The number of hydrogen-bond donors (Lipinski definition) is 0. The van der Waals surface area contributed by atoms with E-state index in [9.17, 15) is 9.59 Å². The van der Waals surface area contributed by atoms with Crippen molar-refractivity contribution in [2.45, 2.75) is 26.7 Å². The Bertz CT molecular complexity index is 926. The van der Waals surface area contributed by atoms with Gasteiger partial charge in [0.1, 0.15) is 0 Å². The molecule has 0 aliphatic heterocycles. The Morgan fingerprint density at radius 2 is 1.50 bits per heavy atom. The van der Waals surface area contributed by atoms with Gasteiger partial charge in [-0.2, -0.15) is 9.78 Å². The molecule has 0 atom stereocenters. The van der Waals surface area contributed by atoms with Gasteiger partial charge in [-0.3, -0.25) is 9.69 Å². The summed E-state index contributed by atoms with van der Waals surface area (Å²) < 4.78 is 6.12. The van der Waals surface area contributed by atoms with Crippen molar-refractivity contribution in [1.29, 1.82) is 0 Å². The average molecular weight is 377 g/mol. The molecule has 0 fully saturated rings. The Hall–Kier alpha value is -3.41. The molecule has 1 amide bonds. The highest BCUT2D eigenvalue weighted by Crippen LogP contribution is 2.27. The van der Waals surface area contributed by atoms with E-state index in [0.717, 1.165) is 28.3 Å². The van der Waals surface area contributed by atoms with Crippen molar-refractivity contribution in [2.75, 3.05) is 12.0 Å². The predicted octanol–water partition coefficient (Wildman–Crippen LogP) is 4.41. The fourth-order valence-electron chi connectivity index (χ4n) is 3.17. The molecule has 28 heavy (non-hydrogen) atoms. The van der Waals surface area contributed by atoms with Crippen LogP contribution < -0.4 is 4.90 Å². The smallest absolute Gasteiger partial charge is 0.354 e. The number of methoxy groups -OCH3 is 1. The van der Waals surface area contributed by atoms with Crippen molar-refractivity contribution in [3.8, 4) is 0 Å². The fourth-order valence-corrected chi connectivity index (χ4v) is 3.17. The van der Waals surface area contributed by atoms with E-state index in [-0.39, 0.29) is 18.4 Å². The predicted molar refractivity (Wildman–Crippen MR) is 108 cm³/mol. The van der Waals surface area contributed by atoms with E-state index in [1.54, 1.807) is 4.90 Å². The molecule has 0 N–H and O–H groups in total. The molecule has 144 valence electrons. The van der Waals surface area contributed by atoms with E-state index in [4.69, 9.17) is 4.74 Å². The molecule has 3 aromatic rings. The second-order valence-electron chi connectivity index (χ2n) is 6.43. The largest absolute Gasteiger partial charge is 0.469 e. The van der Waals surface area contributed by atoms with Crippen LogP contribution >= 0.6 is 0 Å². The average Bonchev–Trinajstić information content (AvgIpc) is 3.01.